The number of hydrogen-bond donors (Lipinski definition) is 2. The highest BCUT2D eigenvalue weighted by Crippen LogP contribution is 2.46. The number of aromatic hydroxyl groups is 2. The summed E-state index contributed by atoms with van der Waals surface area (Å²) < 4.78 is 24.1. The van der Waals surface area contributed by atoms with Crippen LogP contribution in [0.25, 0.3) is 0 Å². The molecule has 0 saturated heterocycles. The quantitative estimate of drug-likeness (QED) is 0.154. The van der Waals surface area contributed by atoms with Gasteiger partial charge in [0.1, 0.15) is 46.5 Å². The van der Waals surface area contributed by atoms with Crippen LogP contribution >= 0.6 is 0 Å². The van der Waals surface area contributed by atoms with Crippen LogP contribution in [0.15, 0.2) is 36.4 Å². The molecule has 12 nitrogen and oxygen atoms in total. The van der Waals surface area contributed by atoms with E-state index in [9.17, 15) is 31.3 Å². The molecule has 5 rings (SSSR count). The molecule has 0 amide bonds. The van der Waals surface area contributed by atoms with Crippen LogP contribution < -0.4 is 18.9 Å². The van der Waals surface area contributed by atoms with E-state index in [0.29, 0.717) is 24.0 Å². The molecule has 0 radical (unpaired) electrons. The van der Waals surface area contributed by atoms with Gasteiger partial charge in [-0.1, -0.05) is 39.5 Å². The average molecular weight is 643 g/mol. The van der Waals surface area contributed by atoms with Gasteiger partial charge in [0, 0.05) is 0 Å². The SMILES string of the molecule is CCCCCc1cc2c(O)c(c1)Oc1nc(c(C#N)cc1C#N)Oc1cc(CCCCC)cc(c1O)Oc1nc(c(C#N)cc1C#N)O2. The minimum absolute atomic E-state index is 0.120. The Bertz CT molecular complexity index is 1780. The van der Waals surface area contributed by atoms with Gasteiger partial charge in [-0.15, -0.1) is 0 Å². The molecule has 3 heterocycles. The van der Waals surface area contributed by atoms with E-state index in [-0.39, 0.29) is 68.8 Å². The van der Waals surface area contributed by atoms with Crippen molar-refractivity contribution in [1.82, 2.24) is 9.97 Å². The smallest absolute Gasteiger partial charge is 0.240 e. The number of rotatable bonds is 8. The van der Waals surface area contributed by atoms with Gasteiger partial charge < -0.3 is 29.2 Å². The van der Waals surface area contributed by atoms with E-state index in [1.807, 2.05) is 24.3 Å². The van der Waals surface area contributed by atoms with Crippen LogP contribution in [0.4, 0.5) is 0 Å². The summed E-state index contributed by atoms with van der Waals surface area (Å²) in [5, 5.41) is 62.3. The maximum atomic E-state index is 11.3. The molecule has 48 heavy (non-hydrogen) atoms. The molecule has 4 aromatic rings. The zero-order chi connectivity index (χ0) is 34.2. The third-order valence-electron chi connectivity index (χ3n) is 7.55. The number of nitrogens with zero attached hydrogens (tertiary/aromatic N) is 6. The van der Waals surface area contributed by atoms with Gasteiger partial charge in [-0.05, 0) is 73.2 Å². The number of aromatic nitrogens is 2. The maximum Gasteiger partial charge on any atom is 0.240 e. The summed E-state index contributed by atoms with van der Waals surface area (Å²) in [6.45, 7) is 4.13. The Kier molecular flexibility index (Phi) is 10.1. The number of phenolic OH excluding ortho intramolecular Hbond substituents is 2. The van der Waals surface area contributed by atoms with Crippen molar-refractivity contribution in [3.8, 4) is 82.3 Å². The van der Waals surface area contributed by atoms with Crippen molar-refractivity contribution < 1.29 is 29.2 Å². The van der Waals surface area contributed by atoms with Crippen molar-refractivity contribution in [2.45, 2.75) is 65.2 Å². The number of phenols is 2. The molecular formula is C36H30N6O6. The van der Waals surface area contributed by atoms with E-state index in [1.165, 1.54) is 12.1 Å². The molecule has 2 aromatic heterocycles. The Labute approximate surface area is 277 Å². The lowest BCUT2D eigenvalue weighted by molar-refractivity contribution is 0.348. The van der Waals surface area contributed by atoms with Crippen molar-refractivity contribution in [3.63, 3.8) is 0 Å². The Morgan fingerprint density at radius 3 is 1.04 bits per heavy atom. The average Bonchev–Trinajstić information content (AvgIpc) is 3.08. The summed E-state index contributed by atoms with van der Waals surface area (Å²) in [6, 6.07) is 16.6. The molecule has 0 atom stereocenters. The second-order valence-corrected chi connectivity index (χ2v) is 11.0. The van der Waals surface area contributed by atoms with Gasteiger partial charge in [0.25, 0.3) is 0 Å². The molecule has 0 saturated carbocycles. The first-order valence-corrected chi connectivity index (χ1v) is 15.5. The zero-order valence-corrected chi connectivity index (χ0v) is 26.3. The van der Waals surface area contributed by atoms with Gasteiger partial charge in [0.2, 0.25) is 35.0 Å². The second kappa shape index (κ2) is 14.7. The fraction of sp³-hybridized carbons (Fsp3) is 0.278. The fourth-order valence-corrected chi connectivity index (χ4v) is 5.04. The molecule has 240 valence electrons. The summed E-state index contributed by atoms with van der Waals surface area (Å²) in [5.74, 6) is -2.61. The van der Waals surface area contributed by atoms with Gasteiger partial charge >= 0.3 is 0 Å². The predicted octanol–water partition coefficient (Wildman–Crippen LogP) is 8.32. The van der Waals surface area contributed by atoms with Gasteiger partial charge in [-0.2, -0.15) is 31.0 Å². The van der Waals surface area contributed by atoms with Crippen LogP contribution in [-0.2, 0) is 12.8 Å². The highest BCUT2D eigenvalue weighted by atomic mass is 16.5. The molecule has 0 spiro atoms. The highest BCUT2D eigenvalue weighted by molar-refractivity contribution is 5.61. The van der Waals surface area contributed by atoms with Crippen LogP contribution in [-0.4, -0.2) is 20.2 Å². The van der Waals surface area contributed by atoms with Gasteiger partial charge in [-0.3, -0.25) is 0 Å². The highest BCUT2D eigenvalue weighted by Gasteiger charge is 2.25. The number of nitriles is 4. The number of hydrogen-bond acceptors (Lipinski definition) is 12. The molecule has 2 N–H and O–H groups in total. The summed E-state index contributed by atoms with van der Waals surface area (Å²) in [4.78, 5) is 8.66. The standard InChI is InChI=1S/C36H30N6O6/c1-3-5-7-9-21-11-27-31(43)28(12-21)46-34-24(18-38)16-26(20-40)36(42-34)48-30-14-22(10-8-6-4-2)13-29(32(30)44)47-35-25(19-39)15-23(17-37)33(41-35)45-27/h11-16,43-44H,3-10H2,1-2H3. The van der Waals surface area contributed by atoms with Crippen LogP contribution in [0.2, 0.25) is 0 Å². The van der Waals surface area contributed by atoms with Crippen molar-refractivity contribution in [1.29, 1.82) is 21.0 Å². The van der Waals surface area contributed by atoms with E-state index >= 15 is 0 Å². The third-order valence-corrected chi connectivity index (χ3v) is 7.55. The molecule has 8 bridgehead atoms. The van der Waals surface area contributed by atoms with Crippen LogP contribution in [0.5, 0.6) is 58.0 Å². The van der Waals surface area contributed by atoms with E-state index < -0.39 is 11.5 Å². The normalized spacial score (nSPS) is 11.3. The lowest BCUT2D eigenvalue weighted by Gasteiger charge is -2.18. The van der Waals surface area contributed by atoms with Crippen molar-refractivity contribution >= 4 is 0 Å². The zero-order valence-electron chi connectivity index (χ0n) is 26.3. The predicted molar refractivity (Wildman–Crippen MR) is 170 cm³/mol. The molecular weight excluding hydrogens is 612 g/mol. The van der Waals surface area contributed by atoms with E-state index in [0.717, 1.165) is 38.5 Å². The van der Waals surface area contributed by atoms with E-state index in [2.05, 4.69) is 23.8 Å². The molecule has 12 heteroatoms. The first kappa shape index (κ1) is 32.9. The number of fused-ring (bicyclic) bond motifs is 8. The summed E-state index contributed by atoms with van der Waals surface area (Å²) in [7, 11) is 0. The van der Waals surface area contributed by atoms with Crippen LogP contribution in [0.1, 0.15) is 85.8 Å². The first-order valence-electron chi connectivity index (χ1n) is 15.5. The molecule has 0 aliphatic carbocycles. The lowest BCUT2D eigenvalue weighted by atomic mass is 10.1. The molecule has 1 aliphatic heterocycles. The number of unbranched alkanes of at least 4 members (excludes halogenated alkanes) is 4. The summed E-state index contributed by atoms with van der Waals surface area (Å²) >= 11 is 0. The van der Waals surface area contributed by atoms with Crippen molar-refractivity contribution in [2.24, 2.45) is 0 Å². The number of benzene rings is 2. The second-order valence-electron chi connectivity index (χ2n) is 11.0. The monoisotopic (exact) mass is 642 g/mol. The Balaban J connectivity index is 1.78. The van der Waals surface area contributed by atoms with E-state index in [4.69, 9.17) is 18.9 Å². The van der Waals surface area contributed by atoms with Gasteiger partial charge in [0.15, 0.2) is 23.0 Å². The topological polar surface area (TPSA) is 198 Å². The van der Waals surface area contributed by atoms with E-state index in [1.54, 1.807) is 24.3 Å². The third kappa shape index (κ3) is 6.99. The van der Waals surface area contributed by atoms with Crippen LogP contribution in [0, 0.1) is 45.3 Å². The van der Waals surface area contributed by atoms with Crippen molar-refractivity contribution in [3.05, 3.63) is 69.8 Å². The molecule has 0 fully saturated rings. The fourth-order valence-electron chi connectivity index (χ4n) is 5.04. The van der Waals surface area contributed by atoms with Gasteiger partial charge in [-0.25, -0.2) is 0 Å². The number of aryl methyl sites for hydroxylation is 2. The Morgan fingerprint density at radius 1 is 0.500 bits per heavy atom. The molecule has 1 aliphatic rings. The van der Waals surface area contributed by atoms with Crippen molar-refractivity contribution in [2.75, 3.05) is 0 Å². The molecule has 2 aromatic carbocycles. The minimum atomic E-state index is -0.490. The number of ether oxygens (including phenoxy) is 4. The van der Waals surface area contributed by atoms with Gasteiger partial charge in [0.05, 0.1) is 0 Å². The largest absolute Gasteiger partial charge is 0.502 e. The maximum absolute atomic E-state index is 11.3. The number of pyridine rings is 2. The minimum Gasteiger partial charge on any atom is -0.502 e. The summed E-state index contributed by atoms with van der Waals surface area (Å²) in [6.07, 6.45) is 6.60. The van der Waals surface area contributed by atoms with Crippen LogP contribution in [0.3, 0.4) is 0 Å². The Hall–Kier alpha value is -6.50. The molecule has 0 unspecified atom stereocenters. The summed E-state index contributed by atoms with van der Waals surface area (Å²) in [5.41, 5.74) is 0.926. The first-order chi connectivity index (χ1) is 23.3. The Morgan fingerprint density at radius 2 is 0.792 bits per heavy atom. The lowest BCUT2D eigenvalue weighted by Crippen LogP contribution is -2.03.